The molecular weight excluding hydrogens is 257 g/mol. The largest absolute Gasteiger partial charge is 0.451 e. The third-order valence-corrected chi connectivity index (χ3v) is 2.20. The van der Waals surface area contributed by atoms with E-state index in [0.29, 0.717) is 4.68 Å². The maximum Gasteiger partial charge on any atom is 0.451 e. The predicted octanol–water partition coefficient (Wildman–Crippen LogP) is 2.78. The SMILES string of the molecule is Cn1nc(-c2c(F)cccc2F)nc1C(F)(F)F. The summed E-state index contributed by atoms with van der Waals surface area (Å²) in [7, 11) is 0.998. The van der Waals surface area contributed by atoms with E-state index >= 15 is 0 Å². The Morgan fingerprint density at radius 1 is 1.11 bits per heavy atom. The van der Waals surface area contributed by atoms with E-state index in [1.54, 1.807) is 0 Å². The van der Waals surface area contributed by atoms with Crippen molar-refractivity contribution >= 4 is 0 Å². The lowest BCUT2D eigenvalue weighted by Crippen LogP contribution is -2.13. The molecule has 0 aliphatic heterocycles. The molecule has 0 bridgehead atoms. The molecule has 0 saturated heterocycles. The second-order valence-corrected chi connectivity index (χ2v) is 3.48. The van der Waals surface area contributed by atoms with Gasteiger partial charge in [0.05, 0.1) is 5.56 Å². The average Bonchev–Trinajstić information content (AvgIpc) is 2.59. The monoisotopic (exact) mass is 263 g/mol. The molecule has 18 heavy (non-hydrogen) atoms. The minimum Gasteiger partial charge on any atom is -0.245 e. The fourth-order valence-electron chi connectivity index (χ4n) is 1.45. The van der Waals surface area contributed by atoms with E-state index in [0.717, 1.165) is 25.2 Å². The normalized spacial score (nSPS) is 11.9. The molecule has 0 spiro atoms. The molecule has 0 fully saturated rings. The summed E-state index contributed by atoms with van der Waals surface area (Å²) < 4.78 is 64.6. The fourth-order valence-corrected chi connectivity index (χ4v) is 1.45. The van der Waals surface area contributed by atoms with E-state index in [1.807, 2.05) is 0 Å². The molecule has 2 aromatic rings. The van der Waals surface area contributed by atoms with E-state index < -0.39 is 35.0 Å². The van der Waals surface area contributed by atoms with Crippen LogP contribution in [0.1, 0.15) is 5.82 Å². The van der Waals surface area contributed by atoms with Gasteiger partial charge in [0.15, 0.2) is 5.82 Å². The summed E-state index contributed by atoms with van der Waals surface area (Å²) in [6, 6.07) is 2.94. The van der Waals surface area contributed by atoms with Gasteiger partial charge in [-0.25, -0.2) is 18.4 Å². The topological polar surface area (TPSA) is 30.7 Å². The minimum atomic E-state index is -4.73. The van der Waals surface area contributed by atoms with E-state index in [-0.39, 0.29) is 0 Å². The number of benzene rings is 1. The zero-order chi connectivity index (χ0) is 13.5. The van der Waals surface area contributed by atoms with Crippen LogP contribution in [0.3, 0.4) is 0 Å². The first kappa shape index (κ1) is 12.5. The van der Waals surface area contributed by atoms with Gasteiger partial charge in [0.2, 0.25) is 5.82 Å². The smallest absolute Gasteiger partial charge is 0.245 e. The van der Waals surface area contributed by atoms with Crippen molar-refractivity contribution in [3.05, 3.63) is 35.7 Å². The van der Waals surface area contributed by atoms with E-state index in [2.05, 4.69) is 10.1 Å². The molecule has 0 N–H and O–H groups in total. The summed E-state index contributed by atoms with van der Waals surface area (Å²) in [6.07, 6.45) is -4.73. The lowest BCUT2D eigenvalue weighted by molar-refractivity contribution is -0.147. The molecule has 2 rings (SSSR count). The molecule has 3 nitrogen and oxygen atoms in total. The van der Waals surface area contributed by atoms with Crippen molar-refractivity contribution in [1.82, 2.24) is 14.8 Å². The lowest BCUT2D eigenvalue weighted by atomic mass is 10.2. The lowest BCUT2D eigenvalue weighted by Gasteiger charge is -2.02. The number of halogens is 5. The van der Waals surface area contributed by atoms with Crippen LogP contribution < -0.4 is 0 Å². The third kappa shape index (κ3) is 2.05. The van der Waals surface area contributed by atoms with Gasteiger partial charge < -0.3 is 0 Å². The van der Waals surface area contributed by atoms with Gasteiger partial charge >= 0.3 is 6.18 Å². The van der Waals surface area contributed by atoms with E-state index in [1.165, 1.54) is 0 Å². The number of nitrogens with zero attached hydrogens (tertiary/aromatic N) is 3. The maximum absolute atomic E-state index is 13.4. The van der Waals surface area contributed by atoms with Gasteiger partial charge in [0.1, 0.15) is 11.6 Å². The van der Waals surface area contributed by atoms with Crippen LogP contribution in [-0.2, 0) is 13.2 Å². The van der Waals surface area contributed by atoms with Gasteiger partial charge in [0, 0.05) is 7.05 Å². The summed E-state index contributed by atoms with van der Waals surface area (Å²) in [5.41, 5.74) is -0.677. The number of aromatic nitrogens is 3. The summed E-state index contributed by atoms with van der Waals surface area (Å²) >= 11 is 0. The summed E-state index contributed by atoms with van der Waals surface area (Å²) in [4.78, 5) is 3.12. The highest BCUT2D eigenvalue weighted by Crippen LogP contribution is 2.30. The van der Waals surface area contributed by atoms with Gasteiger partial charge in [-0.2, -0.15) is 18.3 Å². The highest BCUT2D eigenvalue weighted by atomic mass is 19.4. The molecular formula is C10H6F5N3. The van der Waals surface area contributed by atoms with Crippen LogP contribution in [0, 0.1) is 11.6 Å². The molecule has 0 aliphatic carbocycles. The highest BCUT2D eigenvalue weighted by Gasteiger charge is 2.37. The number of aryl methyl sites for hydroxylation is 1. The molecule has 8 heteroatoms. The molecule has 1 aromatic carbocycles. The van der Waals surface area contributed by atoms with Crippen LogP contribution >= 0.6 is 0 Å². The molecule has 1 heterocycles. The minimum absolute atomic E-state index is 0.432. The van der Waals surface area contributed by atoms with Crippen LogP contribution in [0.2, 0.25) is 0 Å². The average molecular weight is 263 g/mol. The van der Waals surface area contributed by atoms with Crippen molar-refractivity contribution in [2.24, 2.45) is 7.05 Å². The number of hydrogen-bond donors (Lipinski definition) is 0. The molecule has 0 saturated carbocycles. The first-order valence-corrected chi connectivity index (χ1v) is 4.73. The molecule has 0 unspecified atom stereocenters. The third-order valence-electron chi connectivity index (χ3n) is 2.20. The Labute approximate surface area is 97.9 Å². The number of rotatable bonds is 1. The Bertz CT molecular complexity index is 567. The van der Waals surface area contributed by atoms with Crippen LogP contribution in [0.25, 0.3) is 11.4 Å². The summed E-state index contributed by atoms with van der Waals surface area (Å²) in [6.45, 7) is 0. The van der Waals surface area contributed by atoms with Crippen LogP contribution in [0.5, 0.6) is 0 Å². The first-order chi connectivity index (χ1) is 8.30. The van der Waals surface area contributed by atoms with Gasteiger partial charge in [-0.15, -0.1) is 0 Å². The van der Waals surface area contributed by atoms with Gasteiger partial charge in [-0.05, 0) is 12.1 Å². The van der Waals surface area contributed by atoms with E-state index in [9.17, 15) is 22.0 Å². The van der Waals surface area contributed by atoms with Crippen molar-refractivity contribution in [2.45, 2.75) is 6.18 Å². The second kappa shape index (κ2) is 4.04. The zero-order valence-corrected chi connectivity index (χ0v) is 8.96. The van der Waals surface area contributed by atoms with Gasteiger partial charge in [-0.3, -0.25) is 0 Å². The molecule has 96 valence electrons. The Balaban J connectivity index is 2.60. The number of hydrogen-bond acceptors (Lipinski definition) is 2. The molecule has 0 atom stereocenters. The van der Waals surface area contributed by atoms with Crippen molar-refractivity contribution in [3.8, 4) is 11.4 Å². The summed E-state index contributed by atoms with van der Waals surface area (Å²) in [5, 5.41) is 3.37. The van der Waals surface area contributed by atoms with Gasteiger partial charge in [-0.1, -0.05) is 6.07 Å². The Morgan fingerprint density at radius 2 is 1.67 bits per heavy atom. The van der Waals surface area contributed by atoms with Gasteiger partial charge in [0.25, 0.3) is 0 Å². The van der Waals surface area contributed by atoms with Crippen molar-refractivity contribution < 1.29 is 22.0 Å². The maximum atomic E-state index is 13.4. The standard InChI is InChI=1S/C10H6F5N3/c1-18-9(10(13,14)15)16-8(17-18)7-5(11)3-2-4-6(7)12/h2-4H,1H3. The fraction of sp³-hybridized carbons (Fsp3) is 0.200. The zero-order valence-electron chi connectivity index (χ0n) is 8.96. The van der Waals surface area contributed by atoms with Crippen molar-refractivity contribution in [3.63, 3.8) is 0 Å². The molecule has 0 radical (unpaired) electrons. The summed E-state index contributed by atoms with van der Waals surface area (Å²) in [5.74, 6) is -4.00. The highest BCUT2D eigenvalue weighted by molar-refractivity contribution is 5.56. The second-order valence-electron chi connectivity index (χ2n) is 3.48. The van der Waals surface area contributed by atoms with Crippen LogP contribution in [0.4, 0.5) is 22.0 Å². The Morgan fingerprint density at radius 3 is 2.11 bits per heavy atom. The van der Waals surface area contributed by atoms with E-state index in [4.69, 9.17) is 0 Å². The Kier molecular flexibility index (Phi) is 2.80. The molecule has 1 aromatic heterocycles. The number of alkyl halides is 3. The predicted molar refractivity (Wildman–Crippen MR) is 51.4 cm³/mol. The first-order valence-electron chi connectivity index (χ1n) is 4.73. The Hall–Kier alpha value is -1.99. The molecule has 0 amide bonds. The van der Waals surface area contributed by atoms with Crippen molar-refractivity contribution in [2.75, 3.05) is 0 Å². The molecule has 0 aliphatic rings. The van der Waals surface area contributed by atoms with Crippen LogP contribution in [-0.4, -0.2) is 14.8 Å². The van der Waals surface area contributed by atoms with Crippen LogP contribution in [0.15, 0.2) is 18.2 Å². The van der Waals surface area contributed by atoms with Crippen molar-refractivity contribution in [1.29, 1.82) is 0 Å². The quantitative estimate of drug-likeness (QED) is 0.741.